The molecule has 2 N–H and O–H groups in total. The maximum atomic E-state index is 5.86. The number of ether oxygens (including phenoxy) is 2. The Balaban J connectivity index is 1.58. The molecule has 7 nitrogen and oxygen atoms in total. The van der Waals surface area contributed by atoms with Crippen molar-refractivity contribution in [2.75, 3.05) is 40.0 Å². The van der Waals surface area contributed by atoms with Crippen LogP contribution in [0.1, 0.15) is 17.7 Å². The number of benzene rings is 1. The van der Waals surface area contributed by atoms with E-state index in [0.717, 1.165) is 73.8 Å². The molecule has 1 aromatic carbocycles. The topological polar surface area (TPSA) is 65.7 Å². The Bertz CT molecular complexity index is 895. The Hall–Kier alpha value is -2.67. The Morgan fingerprint density at radius 3 is 2.92 bits per heavy atom. The van der Waals surface area contributed by atoms with Gasteiger partial charge in [-0.2, -0.15) is 5.10 Å². The number of hydrazine groups is 1. The summed E-state index contributed by atoms with van der Waals surface area (Å²) in [7, 11) is 2.01. The molecule has 1 saturated heterocycles. The molecule has 0 bridgehead atoms. The zero-order chi connectivity index (χ0) is 17.5. The molecule has 0 radical (unpaired) electrons. The van der Waals surface area contributed by atoms with E-state index < -0.39 is 0 Å². The van der Waals surface area contributed by atoms with Gasteiger partial charge < -0.3 is 14.4 Å². The fourth-order valence-corrected chi connectivity index (χ4v) is 3.93. The number of aromatic amines is 1. The van der Waals surface area contributed by atoms with E-state index in [1.54, 1.807) is 0 Å². The van der Waals surface area contributed by atoms with E-state index in [0.29, 0.717) is 0 Å². The van der Waals surface area contributed by atoms with Gasteiger partial charge in [-0.05, 0) is 31.1 Å². The van der Waals surface area contributed by atoms with Crippen LogP contribution in [0.25, 0.3) is 16.6 Å². The number of fused-ring (bicyclic) bond motifs is 3. The van der Waals surface area contributed by atoms with Crippen LogP contribution in [0.2, 0.25) is 0 Å². The average Bonchev–Trinajstić information content (AvgIpc) is 3.13. The molecule has 0 unspecified atom stereocenters. The first-order valence-corrected chi connectivity index (χ1v) is 9.18. The van der Waals surface area contributed by atoms with Gasteiger partial charge in [-0.1, -0.05) is 0 Å². The van der Waals surface area contributed by atoms with Gasteiger partial charge >= 0.3 is 0 Å². The van der Waals surface area contributed by atoms with E-state index in [1.165, 1.54) is 11.3 Å². The molecule has 0 amide bonds. The molecule has 0 spiro atoms. The smallest absolute Gasteiger partial charge is 0.123 e. The van der Waals surface area contributed by atoms with Crippen molar-refractivity contribution in [3.05, 3.63) is 41.4 Å². The molecule has 0 saturated carbocycles. The predicted molar refractivity (Wildman–Crippen MR) is 99.3 cm³/mol. The molecule has 2 aromatic rings. The van der Waals surface area contributed by atoms with Crippen LogP contribution in [-0.2, 0) is 11.2 Å². The minimum Gasteiger partial charge on any atom is -0.493 e. The molecule has 3 aliphatic heterocycles. The van der Waals surface area contributed by atoms with Crippen molar-refractivity contribution < 1.29 is 9.47 Å². The summed E-state index contributed by atoms with van der Waals surface area (Å²) in [5.41, 5.74) is 8.87. The largest absolute Gasteiger partial charge is 0.493 e. The van der Waals surface area contributed by atoms with Gasteiger partial charge in [-0.15, -0.1) is 0 Å². The van der Waals surface area contributed by atoms with Gasteiger partial charge in [0.05, 0.1) is 36.7 Å². The lowest BCUT2D eigenvalue weighted by Crippen LogP contribution is -2.39. The van der Waals surface area contributed by atoms with E-state index in [9.17, 15) is 0 Å². The first-order chi connectivity index (χ1) is 12.8. The summed E-state index contributed by atoms with van der Waals surface area (Å²) in [5, 5.41) is 11.0. The minimum absolute atomic E-state index is 0.772. The lowest BCUT2D eigenvalue weighted by Gasteiger charge is -2.34. The van der Waals surface area contributed by atoms with Crippen molar-refractivity contribution >= 4 is 16.6 Å². The van der Waals surface area contributed by atoms with Gasteiger partial charge in [-0.3, -0.25) is 15.5 Å². The Kier molecular flexibility index (Phi) is 3.74. The van der Waals surface area contributed by atoms with Gasteiger partial charge in [0.15, 0.2) is 0 Å². The van der Waals surface area contributed by atoms with Crippen LogP contribution in [0.3, 0.4) is 0 Å². The SMILES string of the molecule is CN1C=C(N2CCOCC2)C=C(c2n[nH]c3ccc4c(c23)CCCO4)N1. The second kappa shape index (κ2) is 6.25. The van der Waals surface area contributed by atoms with Crippen LogP contribution in [0.4, 0.5) is 0 Å². The minimum atomic E-state index is 0.772. The third-order valence-corrected chi connectivity index (χ3v) is 5.17. The number of H-pyrrole nitrogens is 1. The zero-order valence-electron chi connectivity index (χ0n) is 14.9. The highest BCUT2D eigenvalue weighted by atomic mass is 16.5. The standard InChI is InChI=1S/C19H23N5O2/c1-23-12-13(24-6-9-25-10-7-24)11-16(22-23)19-18-14-3-2-8-26-17(14)5-4-15(18)20-21-19/h4-5,11-12,22H,2-3,6-10H2,1H3,(H,20,21). The summed E-state index contributed by atoms with van der Waals surface area (Å²) in [6.45, 7) is 4.16. The molecular weight excluding hydrogens is 330 g/mol. The van der Waals surface area contributed by atoms with Crippen LogP contribution in [-0.4, -0.2) is 60.1 Å². The highest BCUT2D eigenvalue weighted by Crippen LogP contribution is 2.35. The molecule has 0 atom stereocenters. The maximum Gasteiger partial charge on any atom is 0.123 e. The third-order valence-electron chi connectivity index (χ3n) is 5.17. The van der Waals surface area contributed by atoms with Crippen molar-refractivity contribution in [2.24, 2.45) is 0 Å². The van der Waals surface area contributed by atoms with Crippen molar-refractivity contribution in [2.45, 2.75) is 12.8 Å². The van der Waals surface area contributed by atoms with Crippen molar-refractivity contribution in [1.29, 1.82) is 0 Å². The highest BCUT2D eigenvalue weighted by Gasteiger charge is 2.23. The third kappa shape index (κ3) is 2.59. The molecular formula is C19H23N5O2. The van der Waals surface area contributed by atoms with Crippen LogP contribution >= 0.6 is 0 Å². The van der Waals surface area contributed by atoms with Crippen molar-refractivity contribution in [1.82, 2.24) is 25.5 Å². The fourth-order valence-electron chi connectivity index (χ4n) is 3.93. The number of rotatable bonds is 2. The van der Waals surface area contributed by atoms with Gasteiger partial charge in [0.25, 0.3) is 0 Å². The van der Waals surface area contributed by atoms with E-state index in [4.69, 9.17) is 9.47 Å². The number of allylic oxidation sites excluding steroid dienone is 1. The number of hydrogen-bond donors (Lipinski definition) is 2. The van der Waals surface area contributed by atoms with Gasteiger partial charge in [-0.25, -0.2) is 0 Å². The first kappa shape index (κ1) is 15.6. The van der Waals surface area contributed by atoms with Crippen LogP contribution < -0.4 is 10.2 Å². The second-order valence-electron chi connectivity index (χ2n) is 6.92. The number of aromatic nitrogens is 2. The number of hydrogen-bond acceptors (Lipinski definition) is 6. The van der Waals surface area contributed by atoms with Crippen molar-refractivity contribution in [3.63, 3.8) is 0 Å². The van der Waals surface area contributed by atoms with E-state index >= 15 is 0 Å². The summed E-state index contributed by atoms with van der Waals surface area (Å²) in [5.74, 6) is 0.986. The van der Waals surface area contributed by atoms with Crippen molar-refractivity contribution in [3.8, 4) is 5.75 Å². The molecule has 26 heavy (non-hydrogen) atoms. The average molecular weight is 353 g/mol. The number of aryl methyl sites for hydroxylation is 1. The maximum absolute atomic E-state index is 5.86. The van der Waals surface area contributed by atoms with Gasteiger partial charge in [0.2, 0.25) is 0 Å². The van der Waals surface area contributed by atoms with Crippen LogP contribution in [0.15, 0.2) is 30.1 Å². The van der Waals surface area contributed by atoms with E-state index in [1.807, 2.05) is 18.1 Å². The lowest BCUT2D eigenvalue weighted by atomic mass is 9.99. The molecule has 136 valence electrons. The quantitative estimate of drug-likeness (QED) is 0.859. The molecule has 1 fully saturated rings. The molecule has 7 heteroatoms. The number of nitrogens with one attached hydrogen (secondary N) is 2. The molecule has 5 rings (SSSR count). The predicted octanol–water partition coefficient (Wildman–Crippen LogP) is 1.85. The summed E-state index contributed by atoms with van der Waals surface area (Å²) < 4.78 is 11.3. The number of morpholine rings is 1. The molecule has 1 aromatic heterocycles. The van der Waals surface area contributed by atoms with Crippen LogP contribution in [0, 0.1) is 0 Å². The van der Waals surface area contributed by atoms with Gasteiger partial charge in [0, 0.05) is 37.3 Å². The zero-order valence-corrected chi connectivity index (χ0v) is 14.9. The normalized spacial score (nSPS) is 20.2. The monoisotopic (exact) mass is 353 g/mol. The molecule has 4 heterocycles. The molecule has 3 aliphatic rings. The van der Waals surface area contributed by atoms with Crippen LogP contribution in [0.5, 0.6) is 5.75 Å². The van der Waals surface area contributed by atoms with E-state index in [2.05, 4.69) is 38.9 Å². The Morgan fingerprint density at radius 2 is 2.04 bits per heavy atom. The molecule has 0 aliphatic carbocycles. The first-order valence-electron chi connectivity index (χ1n) is 9.18. The Morgan fingerprint density at radius 1 is 1.15 bits per heavy atom. The summed E-state index contributed by atoms with van der Waals surface area (Å²) in [4.78, 5) is 2.36. The highest BCUT2D eigenvalue weighted by molar-refractivity contribution is 5.94. The fraction of sp³-hybridized carbons (Fsp3) is 0.421. The second-order valence-corrected chi connectivity index (χ2v) is 6.92. The van der Waals surface area contributed by atoms with E-state index in [-0.39, 0.29) is 0 Å². The number of nitrogens with zero attached hydrogens (tertiary/aromatic N) is 3. The summed E-state index contributed by atoms with van der Waals surface area (Å²) in [6.07, 6.45) is 6.36. The lowest BCUT2D eigenvalue weighted by molar-refractivity contribution is 0.0542. The summed E-state index contributed by atoms with van der Waals surface area (Å²) in [6, 6.07) is 4.11. The Labute approximate surface area is 152 Å². The van der Waals surface area contributed by atoms with Gasteiger partial charge in [0.1, 0.15) is 11.4 Å². The summed E-state index contributed by atoms with van der Waals surface area (Å²) >= 11 is 0.